The third-order valence-corrected chi connectivity index (χ3v) is 2.54. The van der Waals surface area contributed by atoms with Crippen LogP contribution < -0.4 is 0 Å². The summed E-state index contributed by atoms with van der Waals surface area (Å²) in [5.74, 6) is 0.321. The zero-order valence-electron chi connectivity index (χ0n) is 9.32. The fraction of sp³-hybridized carbons (Fsp3) is 0.538. The molecule has 0 aliphatic carbocycles. The number of hydrogen-bond acceptors (Lipinski definition) is 2. The summed E-state index contributed by atoms with van der Waals surface area (Å²) in [6.07, 6.45) is 4.52. The van der Waals surface area contributed by atoms with Crippen molar-refractivity contribution in [1.29, 1.82) is 0 Å². The van der Waals surface area contributed by atoms with Gasteiger partial charge in [-0.25, -0.2) is 0 Å². The summed E-state index contributed by atoms with van der Waals surface area (Å²) < 4.78 is 0. The number of benzene rings is 1. The molecule has 1 aromatic carbocycles. The van der Waals surface area contributed by atoms with Crippen molar-refractivity contribution in [2.24, 2.45) is 0 Å². The van der Waals surface area contributed by atoms with Crippen LogP contribution in [0.25, 0.3) is 0 Å². The van der Waals surface area contributed by atoms with Gasteiger partial charge in [-0.15, -0.1) is 0 Å². The Bertz CT molecular complexity index is 284. The zero-order valence-corrected chi connectivity index (χ0v) is 9.32. The Morgan fingerprint density at radius 3 is 2.73 bits per heavy atom. The molecule has 0 amide bonds. The van der Waals surface area contributed by atoms with E-state index in [0.717, 1.165) is 37.7 Å². The highest BCUT2D eigenvalue weighted by Gasteiger charge is 2.02. The normalized spacial score (nSPS) is 12.7. The maximum Gasteiger partial charge on any atom is 0.115 e. The number of aryl methyl sites for hydroxylation is 1. The van der Waals surface area contributed by atoms with Gasteiger partial charge in [0, 0.05) is 0 Å². The molecule has 2 heteroatoms. The van der Waals surface area contributed by atoms with Gasteiger partial charge in [0.25, 0.3) is 0 Å². The Morgan fingerprint density at radius 2 is 2.07 bits per heavy atom. The van der Waals surface area contributed by atoms with E-state index in [2.05, 4.69) is 6.92 Å². The van der Waals surface area contributed by atoms with Crippen LogP contribution in [0.2, 0.25) is 0 Å². The van der Waals surface area contributed by atoms with Crippen molar-refractivity contribution in [3.05, 3.63) is 29.8 Å². The highest BCUT2D eigenvalue weighted by molar-refractivity contribution is 5.27. The van der Waals surface area contributed by atoms with Gasteiger partial charge in [0.2, 0.25) is 0 Å². The molecule has 0 aromatic heterocycles. The van der Waals surface area contributed by atoms with Gasteiger partial charge in [0.05, 0.1) is 6.10 Å². The molecule has 0 aliphatic heterocycles. The van der Waals surface area contributed by atoms with Crippen molar-refractivity contribution in [2.75, 3.05) is 0 Å². The molecule has 1 atom stereocenters. The lowest BCUT2D eigenvalue weighted by Crippen LogP contribution is -2.05. The quantitative estimate of drug-likeness (QED) is 0.754. The molecule has 0 saturated heterocycles. The minimum atomic E-state index is -0.160. The minimum absolute atomic E-state index is 0.160. The number of aromatic hydroxyl groups is 1. The van der Waals surface area contributed by atoms with Crippen molar-refractivity contribution >= 4 is 0 Å². The Morgan fingerprint density at radius 1 is 1.27 bits per heavy atom. The molecule has 0 heterocycles. The molecule has 0 aliphatic rings. The van der Waals surface area contributed by atoms with Crippen LogP contribution in [-0.4, -0.2) is 16.3 Å². The predicted molar refractivity (Wildman–Crippen MR) is 62.0 cm³/mol. The van der Waals surface area contributed by atoms with E-state index in [1.54, 1.807) is 12.1 Å². The molecule has 15 heavy (non-hydrogen) atoms. The van der Waals surface area contributed by atoms with Gasteiger partial charge in [-0.1, -0.05) is 25.5 Å². The minimum Gasteiger partial charge on any atom is -0.508 e. The summed E-state index contributed by atoms with van der Waals surface area (Å²) in [6.45, 7) is 2.08. The van der Waals surface area contributed by atoms with Crippen molar-refractivity contribution in [2.45, 2.75) is 45.1 Å². The third kappa shape index (κ3) is 4.84. The number of phenols is 1. The molecule has 0 fully saturated rings. The Hall–Kier alpha value is -1.02. The lowest BCUT2D eigenvalue weighted by atomic mass is 10.0. The zero-order chi connectivity index (χ0) is 11.1. The molecular weight excluding hydrogens is 188 g/mol. The maximum absolute atomic E-state index is 9.53. The number of phenolic OH excluding ortho intramolecular Hbond substituents is 1. The second-order valence-electron chi connectivity index (χ2n) is 4.00. The topological polar surface area (TPSA) is 40.5 Å². The first kappa shape index (κ1) is 12.1. The summed E-state index contributed by atoms with van der Waals surface area (Å²) in [5, 5.41) is 18.8. The number of hydrogen-bond donors (Lipinski definition) is 2. The van der Waals surface area contributed by atoms with E-state index in [1.807, 2.05) is 12.1 Å². The summed E-state index contributed by atoms with van der Waals surface area (Å²) in [7, 11) is 0. The highest BCUT2D eigenvalue weighted by atomic mass is 16.3. The van der Waals surface area contributed by atoms with Gasteiger partial charge >= 0.3 is 0 Å². The average Bonchev–Trinajstić information content (AvgIpc) is 2.18. The van der Waals surface area contributed by atoms with Crippen LogP contribution in [0.4, 0.5) is 0 Å². The first-order chi connectivity index (χ1) is 7.22. The van der Waals surface area contributed by atoms with Crippen LogP contribution in [0.1, 0.15) is 38.2 Å². The monoisotopic (exact) mass is 208 g/mol. The SMILES string of the molecule is CCCC(O)CCCc1cccc(O)c1. The van der Waals surface area contributed by atoms with Crippen LogP contribution in [0.3, 0.4) is 0 Å². The van der Waals surface area contributed by atoms with E-state index in [4.69, 9.17) is 0 Å². The van der Waals surface area contributed by atoms with E-state index in [9.17, 15) is 10.2 Å². The standard InChI is InChI=1S/C13H20O2/c1-2-5-12(14)8-3-6-11-7-4-9-13(15)10-11/h4,7,9-10,12,14-15H,2-3,5-6,8H2,1H3. The van der Waals surface area contributed by atoms with Gasteiger partial charge in [-0.05, 0) is 43.4 Å². The number of aliphatic hydroxyl groups is 1. The molecule has 1 rings (SSSR count). The largest absolute Gasteiger partial charge is 0.508 e. The molecule has 2 nitrogen and oxygen atoms in total. The fourth-order valence-corrected chi connectivity index (χ4v) is 1.73. The van der Waals surface area contributed by atoms with E-state index in [-0.39, 0.29) is 6.10 Å². The molecule has 84 valence electrons. The molecule has 2 N–H and O–H groups in total. The molecule has 1 aromatic rings. The summed E-state index contributed by atoms with van der Waals surface area (Å²) in [4.78, 5) is 0. The highest BCUT2D eigenvalue weighted by Crippen LogP contribution is 2.14. The third-order valence-electron chi connectivity index (χ3n) is 2.54. The molecule has 1 unspecified atom stereocenters. The second-order valence-corrected chi connectivity index (χ2v) is 4.00. The van der Waals surface area contributed by atoms with E-state index < -0.39 is 0 Å². The summed E-state index contributed by atoms with van der Waals surface area (Å²) >= 11 is 0. The Labute approximate surface area is 91.6 Å². The molecule has 0 radical (unpaired) electrons. The number of aliphatic hydroxyl groups excluding tert-OH is 1. The van der Waals surface area contributed by atoms with Gasteiger partial charge in [0.15, 0.2) is 0 Å². The van der Waals surface area contributed by atoms with Crippen LogP contribution in [-0.2, 0) is 6.42 Å². The fourth-order valence-electron chi connectivity index (χ4n) is 1.73. The molecular formula is C13H20O2. The van der Waals surface area contributed by atoms with Crippen LogP contribution in [0, 0.1) is 0 Å². The van der Waals surface area contributed by atoms with E-state index in [0.29, 0.717) is 5.75 Å². The molecule has 0 spiro atoms. The van der Waals surface area contributed by atoms with E-state index in [1.165, 1.54) is 0 Å². The van der Waals surface area contributed by atoms with Crippen molar-refractivity contribution in [3.63, 3.8) is 0 Å². The van der Waals surface area contributed by atoms with E-state index >= 15 is 0 Å². The first-order valence-electron chi connectivity index (χ1n) is 5.68. The van der Waals surface area contributed by atoms with Gasteiger partial charge < -0.3 is 10.2 Å². The predicted octanol–water partition coefficient (Wildman–Crippen LogP) is 2.88. The van der Waals surface area contributed by atoms with Crippen molar-refractivity contribution < 1.29 is 10.2 Å². The van der Waals surface area contributed by atoms with Crippen molar-refractivity contribution in [3.8, 4) is 5.75 Å². The number of rotatable bonds is 6. The summed E-state index contributed by atoms with van der Waals surface area (Å²) in [5.41, 5.74) is 1.14. The first-order valence-corrected chi connectivity index (χ1v) is 5.68. The van der Waals surface area contributed by atoms with Gasteiger partial charge in [-0.3, -0.25) is 0 Å². The van der Waals surface area contributed by atoms with Crippen molar-refractivity contribution in [1.82, 2.24) is 0 Å². The second kappa shape index (κ2) is 6.46. The maximum atomic E-state index is 9.53. The summed E-state index contributed by atoms with van der Waals surface area (Å²) in [6, 6.07) is 7.32. The smallest absolute Gasteiger partial charge is 0.115 e. The van der Waals surface area contributed by atoms with Gasteiger partial charge in [-0.2, -0.15) is 0 Å². The molecule has 0 saturated carbocycles. The van der Waals surface area contributed by atoms with Crippen LogP contribution in [0.15, 0.2) is 24.3 Å². The average molecular weight is 208 g/mol. The lowest BCUT2D eigenvalue weighted by Gasteiger charge is -2.08. The van der Waals surface area contributed by atoms with Crippen LogP contribution >= 0.6 is 0 Å². The Balaban J connectivity index is 2.25. The van der Waals surface area contributed by atoms with Gasteiger partial charge in [0.1, 0.15) is 5.75 Å². The lowest BCUT2D eigenvalue weighted by molar-refractivity contribution is 0.151. The Kier molecular flexibility index (Phi) is 5.19. The molecule has 0 bridgehead atoms. The van der Waals surface area contributed by atoms with Crippen LogP contribution in [0.5, 0.6) is 5.75 Å².